The van der Waals surface area contributed by atoms with E-state index in [1.54, 1.807) is 0 Å². The first-order valence-corrected chi connectivity index (χ1v) is 25.0. The first-order chi connectivity index (χ1) is 35.9. The van der Waals surface area contributed by atoms with Crippen molar-refractivity contribution in [3.8, 4) is 73.2 Å². The number of aromatic nitrogens is 4. The molecule has 3 aromatic heterocycles. The third-order valence-corrected chi connectivity index (χ3v) is 15.4. The van der Waals surface area contributed by atoms with Gasteiger partial charge in [0, 0.05) is 49.0 Å². The Morgan fingerprint density at radius 3 is 1.68 bits per heavy atom. The van der Waals surface area contributed by atoms with E-state index in [0.29, 0.717) is 17.6 Å². The molecule has 5 heteroatoms. The summed E-state index contributed by atoms with van der Waals surface area (Å²) >= 11 is 0. The summed E-state index contributed by atoms with van der Waals surface area (Å²) in [5.74, 6) is 1.66. The van der Waals surface area contributed by atoms with Crippen molar-refractivity contribution in [3.05, 3.63) is 242 Å². The lowest BCUT2D eigenvalue weighted by molar-refractivity contribution is 0.660. The monoisotopic (exact) mass is 932 g/mol. The van der Waals surface area contributed by atoms with Crippen LogP contribution in [-0.2, 0) is 5.41 Å². The largest absolute Gasteiger partial charge is 0.456 e. The van der Waals surface area contributed by atoms with Crippen LogP contribution in [0.2, 0.25) is 0 Å². The number of para-hydroxylation sites is 2. The third-order valence-electron chi connectivity index (χ3n) is 15.4. The van der Waals surface area contributed by atoms with Crippen molar-refractivity contribution in [3.63, 3.8) is 0 Å². The van der Waals surface area contributed by atoms with E-state index >= 15 is 0 Å². The average Bonchev–Trinajstić information content (AvgIpc) is 4.09. The summed E-state index contributed by atoms with van der Waals surface area (Å²) in [6.07, 6.45) is 0. The number of benzene rings is 11. The van der Waals surface area contributed by atoms with Gasteiger partial charge in [0.1, 0.15) is 11.2 Å². The summed E-state index contributed by atoms with van der Waals surface area (Å²) in [7, 11) is 0. The molecule has 0 saturated heterocycles. The Kier molecular flexibility index (Phi) is 8.94. The molecule has 0 atom stereocenters. The molecule has 0 bridgehead atoms. The van der Waals surface area contributed by atoms with Gasteiger partial charge in [-0.15, -0.1) is 0 Å². The molecule has 0 amide bonds. The van der Waals surface area contributed by atoms with Gasteiger partial charge in [-0.25, -0.2) is 4.98 Å². The Balaban J connectivity index is 1.04. The zero-order chi connectivity index (χ0) is 48.4. The van der Waals surface area contributed by atoms with E-state index in [2.05, 4.69) is 213 Å². The quantitative estimate of drug-likeness (QED) is 0.156. The van der Waals surface area contributed by atoms with Crippen LogP contribution < -0.4 is 0 Å². The molecule has 0 N–H and O–H groups in total. The number of fused-ring (bicyclic) bond motifs is 14. The second kappa shape index (κ2) is 15.8. The van der Waals surface area contributed by atoms with Crippen molar-refractivity contribution in [2.24, 2.45) is 0 Å². The third kappa shape index (κ3) is 6.32. The molecule has 0 spiro atoms. The van der Waals surface area contributed by atoms with E-state index in [-0.39, 0.29) is 5.41 Å². The molecular weight excluding hydrogens is 889 g/mol. The SMILES string of the molecule is CC1(C)c2ccccc2-c2ccc(-c3cc(-c4ccccc4)cc(-c4cccc5c6c7ccccc7c7ccccc7c6n(-c6nc(-c7ccccc7)nc(-c7ccc8c(c7)oc7ccccc78)n6)c45)c3)cc21. The zero-order valence-electron chi connectivity index (χ0n) is 40.1. The lowest BCUT2D eigenvalue weighted by Gasteiger charge is -2.22. The van der Waals surface area contributed by atoms with Gasteiger partial charge in [-0.05, 0) is 109 Å². The van der Waals surface area contributed by atoms with Crippen molar-refractivity contribution in [1.29, 1.82) is 0 Å². The average molecular weight is 933 g/mol. The van der Waals surface area contributed by atoms with Gasteiger partial charge in [-0.1, -0.05) is 202 Å². The van der Waals surface area contributed by atoms with Gasteiger partial charge < -0.3 is 4.42 Å². The fraction of sp³-hybridized carbons (Fsp3) is 0.0441. The second-order valence-corrected chi connectivity index (χ2v) is 19.9. The Hall–Kier alpha value is -9.45. The van der Waals surface area contributed by atoms with Gasteiger partial charge in [0.05, 0.1) is 11.0 Å². The van der Waals surface area contributed by atoms with Gasteiger partial charge in [-0.2, -0.15) is 9.97 Å². The van der Waals surface area contributed by atoms with Gasteiger partial charge in [0.25, 0.3) is 0 Å². The van der Waals surface area contributed by atoms with E-state index < -0.39 is 0 Å². The molecule has 14 aromatic rings. The highest BCUT2D eigenvalue weighted by molar-refractivity contribution is 6.33. The second-order valence-electron chi connectivity index (χ2n) is 19.9. The molecule has 3 heterocycles. The fourth-order valence-corrected chi connectivity index (χ4v) is 12.0. The molecule has 0 saturated carbocycles. The van der Waals surface area contributed by atoms with Crippen LogP contribution in [0, 0.1) is 0 Å². The Morgan fingerprint density at radius 1 is 0.329 bits per heavy atom. The summed E-state index contributed by atoms with van der Waals surface area (Å²) in [6, 6.07) is 82.8. The maximum atomic E-state index is 6.45. The molecule has 342 valence electrons. The predicted molar refractivity (Wildman–Crippen MR) is 301 cm³/mol. The standard InChI is InChI=1S/C68H44N4O/c1-68(2)58-30-15-13-24-51(58)52-34-32-43(39-59(52)68)46-36-45(41-18-5-3-6-19-41)37-47(38-46)48-28-17-29-57-62-55-26-11-9-22-49(55)50-23-10-12-27-56(50)64(62)72(63(48)57)67-70-65(42-20-7-4-8-21-42)69-66(71-67)44-33-35-54-53-25-14-16-31-60(53)73-61(54)40-44/h3-40H,1-2H3. The Labute approximate surface area is 421 Å². The fourth-order valence-electron chi connectivity index (χ4n) is 12.0. The zero-order valence-corrected chi connectivity index (χ0v) is 40.1. The maximum Gasteiger partial charge on any atom is 0.238 e. The van der Waals surface area contributed by atoms with Gasteiger partial charge in [0.2, 0.25) is 5.95 Å². The van der Waals surface area contributed by atoms with Crippen LogP contribution in [0.3, 0.4) is 0 Å². The minimum Gasteiger partial charge on any atom is -0.456 e. The maximum absolute atomic E-state index is 6.45. The van der Waals surface area contributed by atoms with E-state index in [9.17, 15) is 0 Å². The summed E-state index contributed by atoms with van der Waals surface area (Å²) in [5.41, 5.74) is 17.4. The van der Waals surface area contributed by atoms with Crippen LogP contribution in [0.4, 0.5) is 0 Å². The number of hydrogen-bond acceptors (Lipinski definition) is 4. The summed E-state index contributed by atoms with van der Waals surface area (Å²) in [6.45, 7) is 4.71. The van der Waals surface area contributed by atoms with Crippen LogP contribution in [0.15, 0.2) is 235 Å². The first-order valence-electron chi connectivity index (χ1n) is 25.0. The smallest absolute Gasteiger partial charge is 0.238 e. The van der Waals surface area contributed by atoms with Crippen LogP contribution in [0.25, 0.3) is 139 Å². The minimum absolute atomic E-state index is 0.139. The predicted octanol–water partition coefficient (Wildman–Crippen LogP) is 17.8. The summed E-state index contributed by atoms with van der Waals surface area (Å²) in [4.78, 5) is 16.3. The van der Waals surface area contributed by atoms with E-state index in [1.807, 2.05) is 36.4 Å². The summed E-state index contributed by atoms with van der Waals surface area (Å²) < 4.78 is 8.78. The van der Waals surface area contributed by atoms with Crippen molar-refractivity contribution >= 4 is 65.3 Å². The molecule has 0 radical (unpaired) electrons. The van der Waals surface area contributed by atoms with Crippen molar-refractivity contribution in [1.82, 2.24) is 19.5 Å². The van der Waals surface area contributed by atoms with Crippen LogP contribution in [-0.4, -0.2) is 19.5 Å². The first kappa shape index (κ1) is 41.3. The Morgan fingerprint density at radius 2 is 0.890 bits per heavy atom. The van der Waals surface area contributed by atoms with Gasteiger partial charge >= 0.3 is 0 Å². The Bertz CT molecular complexity index is 4580. The molecule has 1 aliphatic rings. The van der Waals surface area contributed by atoms with Crippen LogP contribution >= 0.6 is 0 Å². The number of rotatable bonds is 6. The molecule has 15 rings (SSSR count). The molecule has 0 unspecified atom stereocenters. The molecule has 73 heavy (non-hydrogen) atoms. The van der Waals surface area contributed by atoms with Gasteiger partial charge in [0.15, 0.2) is 11.6 Å². The topological polar surface area (TPSA) is 56.7 Å². The molecule has 11 aromatic carbocycles. The lowest BCUT2D eigenvalue weighted by Crippen LogP contribution is -2.14. The minimum atomic E-state index is -0.139. The van der Waals surface area contributed by atoms with Crippen molar-refractivity contribution in [2.75, 3.05) is 0 Å². The number of hydrogen-bond donors (Lipinski definition) is 0. The van der Waals surface area contributed by atoms with Crippen molar-refractivity contribution in [2.45, 2.75) is 19.3 Å². The highest BCUT2D eigenvalue weighted by atomic mass is 16.3. The van der Waals surface area contributed by atoms with Gasteiger partial charge in [-0.3, -0.25) is 4.57 Å². The van der Waals surface area contributed by atoms with E-state index in [0.717, 1.165) is 88.1 Å². The lowest BCUT2D eigenvalue weighted by atomic mass is 9.81. The normalized spacial score (nSPS) is 12.9. The molecule has 5 nitrogen and oxygen atoms in total. The highest BCUT2D eigenvalue weighted by Crippen LogP contribution is 2.51. The summed E-state index contributed by atoms with van der Waals surface area (Å²) in [5, 5.41) is 9.05. The molecule has 0 fully saturated rings. The number of nitrogens with zero attached hydrogens (tertiary/aromatic N) is 4. The number of furan rings is 1. The van der Waals surface area contributed by atoms with Crippen LogP contribution in [0.1, 0.15) is 25.0 Å². The van der Waals surface area contributed by atoms with E-state index in [1.165, 1.54) is 44.0 Å². The highest BCUT2D eigenvalue weighted by Gasteiger charge is 2.35. The molecular formula is C68H44N4O. The van der Waals surface area contributed by atoms with Crippen molar-refractivity contribution < 1.29 is 4.42 Å². The van der Waals surface area contributed by atoms with Crippen LogP contribution in [0.5, 0.6) is 0 Å². The molecule has 0 aliphatic heterocycles. The molecule has 1 aliphatic carbocycles. The van der Waals surface area contributed by atoms with E-state index in [4.69, 9.17) is 19.4 Å².